The number of amides is 1. The summed E-state index contributed by atoms with van der Waals surface area (Å²) in [7, 11) is 0. The number of anilines is 1. The molecule has 0 saturated carbocycles. The fourth-order valence-electron chi connectivity index (χ4n) is 4.65. The summed E-state index contributed by atoms with van der Waals surface area (Å²) in [6.07, 6.45) is 6.63. The Morgan fingerprint density at radius 3 is 2.61 bits per heavy atom. The van der Waals surface area contributed by atoms with E-state index in [1.165, 1.54) is 9.08 Å². The summed E-state index contributed by atoms with van der Waals surface area (Å²) >= 11 is 0. The minimum Gasteiger partial charge on any atom is -0.381 e. The first-order chi connectivity index (χ1) is 19.9. The summed E-state index contributed by atoms with van der Waals surface area (Å²) < 4.78 is 2.95. The van der Waals surface area contributed by atoms with E-state index in [4.69, 9.17) is 10.7 Å². The van der Waals surface area contributed by atoms with Crippen molar-refractivity contribution in [3.05, 3.63) is 124 Å². The maximum Gasteiger partial charge on any atom is 0.267 e. The molecule has 0 spiro atoms. The molecule has 0 radical (unpaired) electrons. The van der Waals surface area contributed by atoms with Gasteiger partial charge in [0, 0.05) is 35.9 Å². The third-order valence-electron chi connectivity index (χ3n) is 6.69. The number of nitrogens with two attached hydrogens (primary N) is 1. The quantitative estimate of drug-likeness (QED) is 0.326. The number of fused-ring (bicyclic) bond motifs is 2. The number of nitrogens with zero attached hydrogens (tertiary/aromatic N) is 6. The second kappa shape index (κ2) is 10.4. The molecule has 4 heterocycles. The van der Waals surface area contributed by atoms with Crippen LogP contribution in [0.3, 0.4) is 0 Å². The first-order valence-corrected chi connectivity index (χ1v) is 12.9. The van der Waals surface area contributed by atoms with Gasteiger partial charge in [0.2, 0.25) is 0 Å². The largest absolute Gasteiger partial charge is 0.381 e. The average Bonchev–Trinajstić information content (AvgIpc) is 3.32. The average molecular weight is 541 g/mol. The van der Waals surface area contributed by atoms with Gasteiger partial charge in [0.25, 0.3) is 11.5 Å². The van der Waals surface area contributed by atoms with Crippen LogP contribution in [0.1, 0.15) is 45.8 Å². The van der Waals surface area contributed by atoms with Crippen LogP contribution in [0.5, 0.6) is 0 Å². The van der Waals surface area contributed by atoms with Gasteiger partial charge in [-0.2, -0.15) is 0 Å². The van der Waals surface area contributed by atoms with Crippen molar-refractivity contribution >= 4 is 28.3 Å². The molecule has 0 aliphatic rings. The zero-order valence-electron chi connectivity index (χ0n) is 22.2. The Bertz CT molecular complexity index is 2070. The first-order valence-electron chi connectivity index (χ1n) is 12.9. The molecule has 0 aliphatic carbocycles. The van der Waals surface area contributed by atoms with E-state index in [-0.39, 0.29) is 16.9 Å². The number of benzene rings is 2. The van der Waals surface area contributed by atoms with Crippen LogP contribution in [0.15, 0.2) is 90.2 Å². The summed E-state index contributed by atoms with van der Waals surface area (Å²) in [6, 6.07) is 17.4. The number of carbonyl (C=O) groups excluding carboxylic acids is 1. The minimum atomic E-state index is -0.689. The Balaban J connectivity index is 1.48. The smallest absolute Gasteiger partial charge is 0.267 e. The SMILES string of the molecule is Cc1ccncc1C#Cc1cccc2nc(C(C)NC(=O)c3c(N)nn4cccnc34)n(-c3ccccc3)c(=O)c12. The number of pyridine rings is 1. The molecule has 0 aliphatic heterocycles. The van der Waals surface area contributed by atoms with Crippen molar-refractivity contribution in [2.24, 2.45) is 0 Å². The lowest BCUT2D eigenvalue weighted by Crippen LogP contribution is -2.33. The molecular formula is C31H24N8O2. The number of rotatable bonds is 4. The van der Waals surface area contributed by atoms with Crippen molar-refractivity contribution < 1.29 is 4.79 Å². The zero-order chi connectivity index (χ0) is 28.5. The monoisotopic (exact) mass is 540 g/mol. The van der Waals surface area contributed by atoms with Gasteiger partial charge in [0.1, 0.15) is 11.4 Å². The Labute approximate surface area is 234 Å². The normalized spacial score (nSPS) is 11.7. The molecule has 200 valence electrons. The van der Waals surface area contributed by atoms with E-state index < -0.39 is 11.9 Å². The highest BCUT2D eigenvalue weighted by molar-refractivity contribution is 6.04. The Hall–Kier alpha value is -5.82. The third-order valence-corrected chi connectivity index (χ3v) is 6.69. The van der Waals surface area contributed by atoms with E-state index in [0.29, 0.717) is 33.6 Å². The van der Waals surface area contributed by atoms with Crippen LogP contribution in [-0.2, 0) is 0 Å². The highest BCUT2D eigenvalue weighted by Crippen LogP contribution is 2.22. The Morgan fingerprint density at radius 2 is 1.80 bits per heavy atom. The van der Waals surface area contributed by atoms with Crippen LogP contribution < -0.4 is 16.6 Å². The maximum atomic E-state index is 14.2. The van der Waals surface area contributed by atoms with Gasteiger partial charge in [-0.25, -0.2) is 14.5 Å². The van der Waals surface area contributed by atoms with Crippen LogP contribution in [-0.4, -0.2) is 35.0 Å². The first kappa shape index (κ1) is 25.5. The fraction of sp³-hybridized carbons (Fsp3) is 0.0968. The molecule has 10 nitrogen and oxygen atoms in total. The topological polar surface area (TPSA) is 133 Å². The molecule has 2 aromatic carbocycles. The molecule has 6 rings (SSSR count). The Morgan fingerprint density at radius 1 is 1.00 bits per heavy atom. The molecule has 1 amide bonds. The van der Waals surface area contributed by atoms with E-state index in [0.717, 1.165) is 11.1 Å². The van der Waals surface area contributed by atoms with Gasteiger partial charge in [-0.3, -0.25) is 19.1 Å². The lowest BCUT2D eigenvalue weighted by atomic mass is 10.1. The van der Waals surface area contributed by atoms with Crippen LogP contribution in [0.2, 0.25) is 0 Å². The lowest BCUT2D eigenvalue weighted by molar-refractivity contribution is 0.0940. The van der Waals surface area contributed by atoms with Gasteiger partial charge >= 0.3 is 0 Å². The van der Waals surface area contributed by atoms with E-state index in [2.05, 4.69) is 32.2 Å². The minimum absolute atomic E-state index is 0.0485. The second-order valence-corrected chi connectivity index (χ2v) is 9.43. The number of nitrogens with one attached hydrogen (secondary N) is 1. The summed E-state index contributed by atoms with van der Waals surface area (Å²) in [5.74, 6) is 6.19. The van der Waals surface area contributed by atoms with Gasteiger partial charge in [0.05, 0.1) is 22.6 Å². The van der Waals surface area contributed by atoms with E-state index in [1.807, 2.05) is 43.3 Å². The fourth-order valence-corrected chi connectivity index (χ4v) is 4.65. The predicted molar refractivity (Wildman–Crippen MR) is 156 cm³/mol. The van der Waals surface area contributed by atoms with Gasteiger partial charge in [0.15, 0.2) is 11.5 Å². The molecule has 1 atom stereocenters. The number of carbonyl (C=O) groups is 1. The number of hydrogen-bond donors (Lipinski definition) is 2. The number of aryl methyl sites for hydroxylation is 1. The third kappa shape index (κ3) is 4.66. The molecule has 3 N–H and O–H groups in total. The lowest BCUT2D eigenvalue weighted by Gasteiger charge is -2.20. The summed E-state index contributed by atoms with van der Waals surface area (Å²) in [4.78, 5) is 40.9. The number of hydrogen-bond acceptors (Lipinski definition) is 7. The predicted octanol–water partition coefficient (Wildman–Crippen LogP) is 3.60. The van der Waals surface area contributed by atoms with Crippen LogP contribution in [0.4, 0.5) is 5.82 Å². The van der Waals surface area contributed by atoms with Crippen molar-refractivity contribution in [1.29, 1.82) is 0 Å². The Kier molecular flexibility index (Phi) is 6.45. The molecule has 0 saturated heterocycles. The summed E-state index contributed by atoms with van der Waals surface area (Å²) in [6.45, 7) is 3.71. The van der Waals surface area contributed by atoms with Gasteiger partial charge < -0.3 is 11.1 Å². The van der Waals surface area contributed by atoms with Crippen molar-refractivity contribution in [2.75, 3.05) is 5.73 Å². The van der Waals surface area contributed by atoms with Gasteiger partial charge in [-0.05, 0) is 55.8 Å². The molecular weight excluding hydrogens is 516 g/mol. The molecule has 4 aromatic heterocycles. The molecule has 0 bridgehead atoms. The number of aromatic nitrogens is 6. The van der Waals surface area contributed by atoms with Crippen LogP contribution >= 0.6 is 0 Å². The number of nitrogen functional groups attached to an aromatic ring is 1. The maximum absolute atomic E-state index is 14.2. The molecule has 6 aromatic rings. The number of para-hydroxylation sites is 1. The highest BCUT2D eigenvalue weighted by atomic mass is 16.2. The van der Waals surface area contributed by atoms with Gasteiger partial charge in [-0.1, -0.05) is 36.1 Å². The molecule has 10 heteroatoms. The van der Waals surface area contributed by atoms with Crippen molar-refractivity contribution in [3.8, 4) is 17.5 Å². The summed E-state index contributed by atoms with van der Waals surface area (Å²) in [5.41, 5.74) is 9.61. The van der Waals surface area contributed by atoms with Crippen molar-refractivity contribution in [1.82, 2.24) is 34.4 Å². The van der Waals surface area contributed by atoms with Crippen molar-refractivity contribution in [3.63, 3.8) is 0 Å². The summed E-state index contributed by atoms with van der Waals surface area (Å²) in [5, 5.41) is 7.48. The highest BCUT2D eigenvalue weighted by Gasteiger charge is 2.24. The standard InChI is InChI=1S/C31H24N8O2/c1-19-14-16-33-18-22(19)13-12-21-8-6-11-24-25(21)31(41)39(23-9-4-3-5-10-23)28(36-24)20(2)35-30(40)26-27(32)37-38-17-7-15-34-29(26)38/h3-11,14-18,20H,1-2H3,(H2,32,37)(H,35,40). The van der Waals surface area contributed by atoms with Crippen molar-refractivity contribution in [2.45, 2.75) is 19.9 Å². The molecule has 41 heavy (non-hydrogen) atoms. The molecule has 0 fully saturated rings. The van der Waals surface area contributed by atoms with Crippen LogP contribution in [0.25, 0.3) is 22.2 Å². The van der Waals surface area contributed by atoms with E-state index in [1.54, 1.807) is 56.0 Å². The van der Waals surface area contributed by atoms with E-state index in [9.17, 15) is 9.59 Å². The second-order valence-electron chi connectivity index (χ2n) is 9.43. The van der Waals surface area contributed by atoms with Crippen LogP contribution in [0, 0.1) is 18.8 Å². The van der Waals surface area contributed by atoms with E-state index >= 15 is 0 Å². The molecule has 1 unspecified atom stereocenters. The zero-order valence-corrected chi connectivity index (χ0v) is 22.2. The van der Waals surface area contributed by atoms with Gasteiger partial charge in [-0.15, -0.1) is 5.10 Å².